The number of fused-ring (bicyclic) bond motifs is 1. The molecule has 1 unspecified atom stereocenters. The summed E-state index contributed by atoms with van der Waals surface area (Å²) < 4.78 is 30.8. The lowest BCUT2D eigenvalue weighted by Gasteiger charge is -2.49. The molecule has 1 saturated carbocycles. The Morgan fingerprint density at radius 1 is 1.35 bits per heavy atom. The van der Waals surface area contributed by atoms with Gasteiger partial charge in [0.2, 0.25) is 0 Å². The number of hydrogen-bond donors (Lipinski definition) is 1. The standard InChI is InChI=1S/C19H22BrF2NO2S/c1-11(24)19(23-12(2)26)16-9-14(20)4-3-13(16)10-18(19)7-5-15(6-8-18)25-17(21)22/h3-4,9,15,17H,5-8,10H2,1-2H3,(H,23,26). The van der Waals surface area contributed by atoms with Gasteiger partial charge in [-0.1, -0.05) is 34.2 Å². The SMILES string of the molecule is CC(=O)C1(NC(C)=S)c2cc(Br)ccc2CC12CCC(OC(F)F)CC2. The predicted molar refractivity (Wildman–Crippen MR) is 103 cm³/mol. The summed E-state index contributed by atoms with van der Waals surface area (Å²) in [5.74, 6) is 0.00628. The van der Waals surface area contributed by atoms with Crippen LogP contribution in [0.25, 0.3) is 0 Å². The van der Waals surface area contributed by atoms with E-state index in [4.69, 9.17) is 17.0 Å². The van der Waals surface area contributed by atoms with E-state index in [1.165, 1.54) is 0 Å². The van der Waals surface area contributed by atoms with Crippen LogP contribution in [0.1, 0.15) is 50.7 Å². The van der Waals surface area contributed by atoms with Crippen molar-refractivity contribution in [2.24, 2.45) is 5.41 Å². The van der Waals surface area contributed by atoms with Crippen LogP contribution in [0.15, 0.2) is 22.7 Å². The molecule has 7 heteroatoms. The molecule has 1 N–H and O–H groups in total. The second-order valence-corrected chi connectivity index (χ2v) is 8.87. The van der Waals surface area contributed by atoms with Gasteiger partial charge in [0.05, 0.1) is 11.1 Å². The number of thiocarbonyl (C=S) groups is 1. The molecule has 26 heavy (non-hydrogen) atoms. The minimum atomic E-state index is -2.76. The summed E-state index contributed by atoms with van der Waals surface area (Å²) in [7, 11) is 0. The van der Waals surface area contributed by atoms with Crippen molar-refractivity contribution in [1.82, 2.24) is 5.32 Å². The van der Waals surface area contributed by atoms with Gasteiger partial charge in [0, 0.05) is 9.89 Å². The van der Waals surface area contributed by atoms with E-state index in [1.807, 2.05) is 18.2 Å². The van der Waals surface area contributed by atoms with Crippen LogP contribution in [0.4, 0.5) is 8.78 Å². The number of Topliss-reactive ketones (excluding diaryl/α,β-unsaturated/α-hetero) is 1. The topological polar surface area (TPSA) is 38.3 Å². The van der Waals surface area contributed by atoms with Crippen molar-refractivity contribution < 1.29 is 18.3 Å². The average molecular weight is 446 g/mol. The zero-order valence-electron chi connectivity index (χ0n) is 14.8. The third kappa shape index (κ3) is 3.22. The Morgan fingerprint density at radius 3 is 2.54 bits per heavy atom. The predicted octanol–water partition coefficient (Wildman–Crippen LogP) is 4.89. The van der Waals surface area contributed by atoms with Gasteiger partial charge in [-0.25, -0.2) is 0 Å². The summed E-state index contributed by atoms with van der Waals surface area (Å²) >= 11 is 8.82. The Labute approximate surface area is 166 Å². The summed E-state index contributed by atoms with van der Waals surface area (Å²) in [5, 5.41) is 3.33. The van der Waals surface area contributed by atoms with Crippen LogP contribution in [0.5, 0.6) is 0 Å². The monoisotopic (exact) mass is 445 g/mol. The quantitative estimate of drug-likeness (QED) is 0.669. The van der Waals surface area contributed by atoms with Crippen molar-refractivity contribution >= 4 is 38.9 Å². The number of ether oxygens (including phenoxy) is 1. The molecule has 0 aromatic heterocycles. The van der Waals surface area contributed by atoms with Gasteiger partial charge in [0.1, 0.15) is 5.54 Å². The minimum Gasteiger partial charge on any atom is -0.363 e. The van der Waals surface area contributed by atoms with E-state index in [1.54, 1.807) is 13.8 Å². The smallest absolute Gasteiger partial charge is 0.345 e. The first-order chi connectivity index (χ1) is 12.2. The first-order valence-electron chi connectivity index (χ1n) is 8.72. The van der Waals surface area contributed by atoms with Gasteiger partial charge in [-0.15, -0.1) is 0 Å². The van der Waals surface area contributed by atoms with Crippen molar-refractivity contribution in [3.05, 3.63) is 33.8 Å². The van der Waals surface area contributed by atoms with Crippen LogP contribution in [-0.4, -0.2) is 23.5 Å². The molecule has 0 bridgehead atoms. The number of hydrogen-bond acceptors (Lipinski definition) is 3. The molecule has 2 aliphatic rings. The number of carbonyl (C=O) groups excluding carboxylic acids is 1. The maximum Gasteiger partial charge on any atom is 0.345 e. The molecule has 0 aliphatic heterocycles. The molecular formula is C19H22BrF2NO2S. The minimum absolute atomic E-state index is 0.00628. The lowest BCUT2D eigenvalue weighted by molar-refractivity contribution is -0.178. The Bertz CT molecular complexity index is 734. The molecule has 0 heterocycles. The lowest BCUT2D eigenvalue weighted by Crippen LogP contribution is -2.60. The number of halogens is 3. The van der Waals surface area contributed by atoms with Crippen molar-refractivity contribution in [3.8, 4) is 0 Å². The number of nitrogens with one attached hydrogen (secondary N) is 1. The number of carbonyl (C=O) groups is 1. The highest BCUT2D eigenvalue weighted by Gasteiger charge is 2.61. The Morgan fingerprint density at radius 2 is 2.00 bits per heavy atom. The van der Waals surface area contributed by atoms with E-state index < -0.39 is 18.3 Å². The summed E-state index contributed by atoms with van der Waals surface area (Å²) in [6.45, 7) is 0.602. The summed E-state index contributed by atoms with van der Waals surface area (Å²) in [4.78, 5) is 13.6. The maximum atomic E-state index is 13.0. The largest absolute Gasteiger partial charge is 0.363 e. The normalized spacial score (nSPS) is 30.5. The number of ketones is 1. The molecule has 2 aliphatic carbocycles. The molecular weight excluding hydrogens is 424 g/mol. The second-order valence-electron chi connectivity index (χ2n) is 7.34. The van der Waals surface area contributed by atoms with E-state index in [2.05, 4.69) is 21.2 Å². The highest BCUT2D eigenvalue weighted by atomic mass is 79.9. The Balaban J connectivity index is 2.05. The van der Waals surface area contributed by atoms with Gasteiger partial charge < -0.3 is 10.1 Å². The number of alkyl halides is 2. The number of rotatable bonds is 4. The molecule has 142 valence electrons. The van der Waals surface area contributed by atoms with Gasteiger partial charge >= 0.3 is 6.61 Å². The lowest BCUT2D eigenvalue weighted by atomic mass is 9.60. The van der Waals surface area contributed by atoms with E-state index >= 15 is 0 Å². The molecule has 0 radical (unpaired) electrons. The van der Waals surface area contributed by atoms with Crippen LogP contribution >= 0.6 is 28.1 Å². The second kappa shape index (κ2) is 7.24. The van der Waals surface area contributed by atoms with Crippen molar-refractivity contribution in [2.75, 3.05) is 0 Å². The van der Waals surface area contributed by atoms with Crippen molar-refractivity contribution in [3.63, 3.8) is 0 Å². The van der Waals surface area contributed by atoms with Crippen LogP contribution in [-0.2, 0) is 21.5 Å². The molecule has 1 fully saturated rings. The average Bonchev–Trinajstić information content (AvgIpc) is 2.80. The highest BCUT2D eigenvalue weighted by Crippen LogP contribution is 2.58. The fourth-order valence-electron chi connectivity index (χ4n) is 4.93. The zero-order chi connectivity index (χ0) is 19.1. The molecule has 3 rings (SSSR count). The first-order valence-corrected chi connectivity index (χ1v) is 9.93. The van der Waals surface area contributed by atoms with Crippen molar-refractivity contribution in [2.45, 2.75) is 64.2 Å². The van der Waals surface area contributed by atoms with E-state index in [0.29, 0.717) is 30.7 Å². The fourth-order valence-corrected chi connectivity index (χ4v) is 5.44. The first kappa shape index (κ1) is 19.8. The molecule has 0 saturated heterocycles. The third-order valence-electron chi connectivity index (χ3n) is 5.88. The zero-order valence-corrected chi connectivity index (χ0v) is 17.2. The Kier molecular flexibility index (Phi) is 5.53. The van der Waals surface area contributed by atoms with Crippen LogP contribution in [0, 0.1) is 5.41 Å². The molecule has 1 aromatic carbocycles. The third-order valence-corrected chi connectivity index (χ3v) is 6.47. The van der Waals surface area contributed by atoms with Gasteiger partial charge in [0.15, 0.2) is 5.78 Å². The van der Waals surface area contributed by atoms with E-state index in [0.717, 1.165) is 22.0 Å². The van der Waals surface area contributed by atoms with Crippen LogP contribution < -0.4 is 5.32 Å². The highest BCUT2D eigenvalue weighted by molar-refractivity contribution is 9.10. The molecule has 1 spiro atoms. The molecule has 0 amide bonds. The molecule has 1 atom stereocenters. The van der Waals surface area contributed by atoms with Gasteiger partial charge in [-0.3, -0.25) is 4.79 Å². The summed E-state index contributed by atoms with van der Waals surface area (Å²) in [5.41, 5.74) is 0.745. The maximum absolute atomic E-state index is 13.0. The summed E-state index contributed by atoms with van der Waals surface area (Å²) in [6, 6.07) is 5.99. The number of benzene rings is 1. The van der Waals surface area contributed by atoms with Gasteiger partial charge in [0.25, 0.3) is 0 Å². The summed E-state index contributed by atoms with van der Waals surface area (Å²) in [6.07, 6.45) is 2.54. The van der Waals surface area contributed by atoms with Gasteiger partial charge in [-0.05, 0) is 69.2 Å². The van der Waals surface area contributed by atoms with Crippen LogP contribution in [0.2, 0.25) is 0 Å². The molecule has 3 nitrogen and oxygen atoms in total. The van der Waals surface area contributed by atoms with E-state index in [-0.39, 0.29) is 11.2 Å². The van der Waals surface area contributed by atoms with Gasteiger partial charge in [-0.2, -0.15) is 8.78 Å². The molecule has 1 aromatic rings. The van der Waals surface area contributed by atoms with Crippen LogP contribution in [0.3, 0.4) is 0 Å². The fraction of sp³-hybridized carbons (Fsp3) is 0.579. The van der Waals surface area contributed by atoms with Crippen molar-refractivity contribution in [1.29, 1.82) is 0 Å². The Hall–Kier alpha value is -0.920. The van der Waals surface area contributed by atoms with E-state index in [9.17, 15) is 13.6 Å².